The van der Waals surface area contributed by atoms with Crippen LogP contribution < -0.4 is 5.56 Å². The quantitative estimate of drug-likeness (QED) is 0.436. The van der Waals surface area contributed by atoms with Crippen molar-refractivity contribution in [1.82, 2.24) is 24.5 Å². The highest BCUT2D eigenvalue weighted by atomic mass is 35.5. The highest BCUT2D eigenvalue weighted by molar-refractivity contribution is 6.30. The minimum absolute atomic E-state index is 0.0592. The molecule has 0 amide bonds. The molecule has 4 aromatic rings. The molecule has 0 N–H and O–H groups in total. The average Bonchev–Trinajstić information content (AvgIpc) is 2.81. The molecule has 2 atom stereocenters. The van der Waals surface area contributed by atoms with Gasteiger partial charge in [0.15, 0.2) is 11.3 Å². The highest BCUT2D eigenvalue weighted by Gasteiger charge is 2.30. The Hall–Kier alpha value is -3.16. The van der Waals surface area contributed by atoms with Crippen LogP contribution in [-0.2, 0) is 4.74 Å². The minimum Gasteiger partial charge on any atom is -0.373 e. The zero-order valence-corrected chi connectivity index (χ0v) is 19.5. The lowest BCUT2D eigenvalue weighted by Gasteiger charge is -2.29. The third-order valence-electron chi connectivity index (χ3n) is 6.18. The molecule has 1 saturated heterocycles. The SMILES string of the molecule is Cc1cc([C@H]2C[C@@H](c3nc4nc(C)c(C)nc4n(-c4ccc(Cl)cc4)c3=O)CCO2)ccn1. The topological polar surface area (TPSA) is 82.8 Å². The Morgan fingerprint density at radius 3 is 2.55 bits per heavy atom. The fourth-order valence-corrected chi connectivity index (χ4v) is 4.44. The molecule has 4 heterocycles. The zero-order valence-electron chi connectivity index (χ0n) is 18.7. The molecule has 0 bridgehead atoms. The molecule has 8 heteroatoms. The second-order valence-corrected chi connectivity index (χ2v) is 8.90. The van der Waals surface area contributed by atoms with E-state index in [1.807, 2.05) is 45.0 Å². The van der Waals surface area contributed by atoms with Gasteiger partial charge >= 0.3 is 0 Å². The highest BCUT2D eigenvalue weighted by Crippen LogP contribution is 2.36. The van der Waals surface area contributed by atoms with Crippen LogP contribution in [0.15, 0.2) is 47.4 Å². The van der Waals surface area contributed by atoms with Crippen molar-refractivity contribution in [2.75, 3.05) is 6.61 Å². The Labute approximate surface area is 196 Å². The molecular formula is C25H24ClN5O2. The van der Waals surface area contributed by atoms with Crippen molar-refractivity contribution in [3.8, 4) is 5.69 Å². The van der Waals surface area contributed by atoms with Gasteiger partial charge in [-0.05, 0) is 75.6 Å². The van der Waals surface area contributed by atoms with Crippen LogP contribution in [-0.4, -0.2) is 31.1 Å². The van der Waals surface area contributed by atoms with Gasteiger partial charge in [-0.15, -0.1) is 0 Å². The van der Waals surface area contributed by atoms with Gasteiger partial charge in [-0.3, -0.25) is 14.3 Å². The summed E-state index contributed by atoms with van der Waals surface area (Å²) in [5, 5.41) is 0.600. The number of aromatic nitrogens is 5. The monoisotopic (exact) mass is 461 g/mol. The van der Waals surface area contributed by atoms with E-state index in [1.54, 1.807) is 22.9 Å². The number of halogens is 1. The Balaban J connectivity index is 1.65. The van der Waals surface area contributed by atoms with E-state index in [1.165, 1.54) is 0 Å². The van der Waals surface area contributed by atoms with Crippen LogP contribution in [0.2, 0.25) is 5.02 Å². The summed E-state index contributed by atoms with van der Waals surface area (Å²) in [4.78, 5) is 32.2. The van der Waals surface area contributed by atoms with Crippen molar-refractivity contribution in [2.24, 2.45) is 0 Å². The summed E-state index contributed by atoms with van der Waals surface area (Å²) < 4.78 is 7.66. The average molecular weight is 462 g/mol. The van der Waals surface area contributed by atoms with E-state index in [-0.39, 0.29) is 17.6 Å². The predicted octanol–water partition coefficient (Wildman–Crippen LogP) is 4.78. The van der Waals surface area contributed by atoms with Crippen LogP contribution in [0.1, 0.15) is 53.2 Å². The van der Waals surface area contributed by atoms with E-state index in [0.29, 0.717) is 47.1 Å². The summed E-state index contributed by atoms with van der Waals surface area (Å²) in [5.41, 5.74) is 5.47. The minimum atomic E-state index is -0.182. The standard InChI is InChI=1S/C25H24ClN5O2/c1-14-12-17(8-10-27-14)21-13-18(9-11-33-21)22-25(32)31(20-6-4-19(26)5-7-20)24-23(30-22)28-15(2)16(3)29-24/h4-8,10,12,18,21H,9,11,13H2,1-3H3/t18-,21+/m0/s1. The van der Waals surface area contributed by atoms with Crippen molar-refractivity contribution < 1.29 is 4.74 Å². The van der Waals surface area contributed by atoms with Gasteiger partial charge in [-0.2, -0.15) is 0 Å². The lowest BCUT2D eigenvalue weighted by Crippen LogP contribution is -2.30. The molecule has 3 aromatic heterocycles. The third kappa shape index (κ3) is 4.14. The van der Waals surface area contributed by atoms with Crippen LogP contribution in [0, 0.1) is 20.8 Å². The maximum absolute atomic E-state index is 13.8. The summed E-state index contributed by atoms with van der Waals surface area (Å²) >= 11 is 6.10. The molecule has 1 aromatic carbocycles. The first-order valence-electron chi connectivity index (χ1n) is 11.0. The molecular weight excluding hydrogens is 438 g/mol. The van der Waals surface area contributed by atoms with Gasteiger partial charge in [0.1, 0.15) is 5.69 Å². The van der Waals surface area contributed by atoms with Gasteiger partial charge in [0, 0.05) is 29.4 Å². The number of aryl methyl sites for hydroxylation is 3. The molecule has 0 unspecified atom stereocenters. The maximum atomic E-state index is 13.8. The van der Waals surface area contributed by atoms with E-state index in [9.17, 15) is 4.79 Å². The van der Waals surface area contributed by atoms with E-state index in [0.717, 1.165) is 22.6 Å². The third-order valence-corrected chi connectivity index (χ3v) is 6.43. The largest absolute Gasteiger partial charge is 0.373 e. The Morgan fingerprint density at radius 2 is 1.79 bits per heavy atom. The summed E-state index contributed by atoms with van der Waals surface area (Å²) in [5.74, 6) is -0.0592. The molecule has 0 spiro atoms. The smallest absolute Gasteiger partial charge is 0.278 e. The Morgan fingerprint density at radius 1 is 1.03 bits per heavy atom. The van der Waals surface area contributed by atoms with Gasteiger partial charge in [0.05, 0.1) is 23.2 Å². The molecule has 0 saturated carbocycles. The number of pyridine rings is 1. The van der Waals surface area contributed by atoms with E-state index in [4.69, 9.17) is 21.3 Å². The lowest BCUT2D eigenvalue weighted by molar-refractivity contribution is 0.00435. The van der Waals surface area contributed by atoms with Gasteiger partial charge in [0.25, 0.3) is 5.56 Å². The van der Waals surface area contributed by atoms with Crippen molar-refractivity contribution in [3.63, 3.8) is 0 Å². The first kappa shape index (κ1) is 21.7. The molecule has 168 valence electrons. The van der Waals surface area contributed by atoms with Crippen LogP contribution in [0.3, 0.4) is 0 Å². The number of ether oxygens (including phenoxy) is 1. The molecule has 1 fully saturated rings. The number of fused-ring (bicyclic) bond motifs is 1. The molecule has 33 heavy (non-hydrogen) atoms. The molecule has 1 aliphatic rings. The van der Waals surface area contributed by atoms with Crippen molar-refractivity contribution >= 4 is 22.9 Å². The van der Waals surface area contributed by atoms with Crippen LogP contribution in [0.25, 0.3) is 17.0 Å². The second kappa shape index (κ2) is 8.65. The fraction of sp³-hybridized carbons (Fsp3) is 0.320. The van der Waals surface area contributed by atoms with Gasteiger partial charge in [-0.1, -0.05) is 11.6 Å². The molecule has 0 radical (unpaired) electrons. The van der Waals surface area contributed by atoms with Gasteiger partial charge in [-0.25, -0.2) is 15.0 Å². The number of hydrogen-bond acceptors (Lipinski definition) is 6. The summed E-state index contributed by atoms with van der Waals surface area (Å²) in [7, 11) is 0. The number of nitrogens with zero attached hydrogens (tertiary/aromatic N) is 5. The van der Waals surface area contributed by atoms with Crippen LogP contribution in [0.5, 0.6) is 0 Å². The van der Waals surface area contributed by atoms with E-state index < -0.39 is 0 Å². The second-order valence-electron chi connectivity index (χ2n) is 8.47. The first-order valence-corrected chi connectivity index (χ1v) is 11.4. The van der Waals surface area contributed by atoms with Crippen LogP contribution >= 0.6 is 11.6 Å². The number of benzene rings is 1. The maximum Gasteiger partial charge on any atom is 0.278 e. The normalized spacial score (nSPS) is 18.5. The van der Waals surface area contributed by atoms with E-state index in [2.05, 4.69) is 15.0 Å². The van der Waals surface area contributed by atoms with E-state index >= 15 is 0 Å². The predicted molar refractivity (Wildman–Crippen MR) is 127 cm³/mol. The molecule has 7 nitrogen and oxygen atoms in total. The molecule has 0 aliphatic carbocycles. The fourth-order valence-electron chi connectivity index (χ4n) is 4.32. The Bertz CT molecular complexity index is 1400. The first-order chi connectivity index (χ1) is 15.9. The molecule has 1 aliphatic heterocycles. The number of rotatable bonds is 3. The van der Waals surface area contributed by atoms with Gasteiger partial charge < -0.3 is 4.74 Å². The summed E-state index contributed by atoms with van der Waals surface area (Å²) in [6, 6.07) is 11.2. The lowest BCUT2D eigenvalue weighted by atomic mass is 9.89. The van der Waals surface area contributed by atoms with Crippen molar-refractivity contribution in [3.05, 3.63) is 86.3 Å². The van der Waals surface area contributed by atoms with Crippen molar-refractivity contribution in [2.45, 2.75) is 45.6 Å². The Kier molecular flexibility index (Phi) is 5.68. The zero-order chi connectivity index (χ0) is 23.1. The van der Waals surface area contributed by atoms with Crippen molar-refractivity contribution in [1.29, 1.82) is 0 Å². The summed E-state index contributed by atoms with van der Waals surface area (Å²) in [6.07, 6.45) is 3.06. The number of hydrogen-bond donors (Lipinski definition) is 0. The summed E-state index contributed by atoms with van der Waals surface area (Å²) in [6.45, 7) is 6.29. The molecule has 5 rings (SSSR count). The van der Waals surface area contributed by atoms with Crippen LogP contribution in [0.4, 0.5) is 0 Å². The van der Waals surface area contributed by atoms with Gasteiger partial charge in [0.2, 0.25) is 0 Å².